The van der Waals surface area contributed by atoms with Crippen LogP contribution in [0.5, 0.6) is 5.75 Å². The summed E-state index contributed by atoms with van der Waals surface area (Å²) >= 11 is 0. The molecule has 0 spiro atoms. The smallest absolute Gasteiger partial charge is 0.123 e. The lowest BCUT2D eigenvalue weighted by Crippen LogP contribution is -2.36. The monoisotopic (exact) mass is 213 g/mol. The second-order valence-corrected chi connectivity index (χ2v) is 3.77. The van der Waals surface area contributed by atoms with Crippen LogP contribution in [0.4, 0.5) is 4.39 Å². The minimum Gasteiger partial charge on any atom is -0.496 e. The fourth-order valence-corrected chi connectivity index (χ4v) is 1.41. The zero-order chi connectivity index (χ0) is 11.5. The fourth-order valence-electron chi connectivity index (χ4n) is 1.41. The lowest BCUT2D eigenvalue weighted by molar-refractivity contribution is 0.206. The number of aliphatic hydroxyl groups is 1. The van der Waals surface area contributed by atoms with Crippen molar-refractivity contribution in [1.29, 1.82) is 0 Å². The molecule has 1 unspecified atom stereocenters. The molecule has 0 bridgehead atoms. The summed E-state index contributed by atoms with van der Waals surface area (Å²) in [4.78, 5) is 0. The maximum Gasteiger partial charge on any atom is 0.123 e. The van der Waals surface area contributed by atoms with Crippen molar-refractivity contribution in [2.45, 2.75) is 12.3 Å². The van der Waals surface area contributed by atoms with Crippen LogP contribution >= 0.6 is 0 Å². The molecule has 1 rings (SSSR count). The maximum absolute atomic E-state index is 13.1. The third-order valence-corrected chi connectivity index (χ3v) is 2.61. The van der Waals surface area contributed by atoms with Crippen LogP contribution in [0.2, 0.25) is 0 Å². The average molecular weight is 213 g/mol. The number of methoxy groups -OCH3 is 1. The van der Waals surface area contributed by atoms with Crippen molar-refractivity contribution >= 4 is 0 Å². The van der Waals surface area contributed by atoms with Crippen LogP contribution in [-0.2, 0) is 5.41 Å². The van der Waals surface area contributed by atoms with Gasteiger partial charge in [-0.1, -0.05) is 6.92 Å². The van der Waals surface area contributed by atoms with Gasteiger partial charge in [0.1, 0.15) is 11.6 Å². The van der Waals surface area contributed by atoms with Crippen molar-refractivity contribution in [1.82, 2.24) is 0 Å². The Kier molecular flexibility index (Phi) is 3.66. The highest BCUT2D eigenvalue weighted by atomic mass is 19.1. The highest BCUT2D eigenvalue weighted by Gasteiger charge is 2.28. The summed E-state index contributed by atoms with van der Waals surface area (Å²) in [5.41, 5.74) is 5.50. The Morgan fingerprint density at radius 2 is 2.20 bits per heavy atom. The predicted octanol–water partition coefficient (Wildman–Crippen LogP) is 1.04. The number of halogens is 1. The van der Waals surface area contributed by atoms with E-state index in [-0.39, 0.29) is 19.0 Å². The van der Waals surface area contributed by atoms with E-state index in [1.165, 1.54) is 25.3 Å². The zero-order valence-corrected chi connectivity index (χ0v) is 8.96. The van der Waals surface area contributed by atoms with E-state index in [2.05, 4.69) is 0 Å². The molecule has 4 heteroatoms. The van der Waals surface area contributed by atoms with Crippen LogP contribution in [0, 0.1) is 5.82 Å². The van der Waals surface area contributed by atoms with E-state index in [1.54, 1.807) is 6.92 Å². The first-order valence-corrected chi connectivity index (χ1v) is 4.72. The van der Waals surface area contributed by atoms with E-state index in [4.69, 9.17) is 10.5 Å². The molecule has 1 atom stereocenters. The predicted molar refractivity (Wildman–Crippen MR) is 56.4 cm³/mol. The molecular weight excluding hydrogens is 197 g/mol. The molecule has 1 aromatic rings. The van der Waals surface area contributed by atoms with Gasteiger partial charge in [-0.15, -0.1) is 0 Å². The minimum atomic E-state index is -0.673. The first-order chi connectivity index (χ1) is 7.07. The lowest BCUT2D eigenvalue weighted by Gasteiger charge is -2.27. The maximum atomic E-state index is 13.1. The van der Waals surface area contributed by atoms with Crippen LogP contribution in [-0.4, -0.2) is 25.4 Å². The average Bonchev–Trinajstić information content (AvgIpc) is 2.28. The van der Waals surface area contributed by atoms with Gasteiger partial charge in [0.15, 0.2) is 0 Å². The number of hydrogen-bond donors (Lipinski definition) is 2. The van der Waals surface area contributed by atoms with Crippen molar-refractivity contribution < 1.29 is 14.2 Å². The molecule has 0 aliphatic heterocycles. The Morgan fingerprint density at radius 1 is 1.53 bits per heavy atom. The third-order valence-electron chi connectivity index (χ3n) is 2.61. The number of nitrogens with two attached hydrogens (primary N) is 1. The molecule has 0 saturated carbocycles. The highest BCUT2D eigenvalue weighted by molar-refractivity contribution is 5.40. The molecule has 0 aliphatic rings. The Hall–Kier alpha value is -1.13. The molecule has 1 aromatic carbocycles. The zero-order valence-electron chi connectivity index (χ0n) is 8.96. The molecule has 0 fully saturated rings. The quantitative estimate of drug-likeness (QED) is 0.785. The van der Waals surface area contributed by atoms with Crippen molar-refractivity contribution in [3.63, 3.8) is 0 Å². The third kappa shape index (κ3) is 2.27. The summed E-state index contributed by atoms with van der Waals surface area (Å²) in [6, 6.07) is 4.20. The van der Waals surface area contributed by atoms with Gasteiger partial charge in [-0.3, -0.25) is 0 Å². The van der Waals surface area contributed by atoms with Gasteiger partial charge >= 0.3 is 0 Å². The largest absolute Gasteiger partial charge is 0.496 e. The van der Waals surface area contributed by atoms with Crippen LogP contribution in [0.3, 0.4) is 0 Å². The van der Waals surface area contributed by atoms with E-state index in [9.17, 15) is 9.50 Å². The minimum absolute atomic E-state index is 0.149. The first kappa shape index (κ1) is 11.9. The van der Waals surface area contributed by atoms with Crippen LogP contribution in [0.1, 0.15) is 12.5 Å². The summed E-state index contributed by atoms with van der Waals surface area (Å²) < 4.78 is 18.2. The van der Waals surface area contributed by atoms with Gasteiger partial charge in [0.2, 0.25) is 0 Å². The topological polar surface area (TPSA) is 55.5 Å². The fraction of sp³-hybridized carbons (Fsp3) is 0.455. The summed E-state index contributed by atoms with van der Waals surface area (Å²) in [7, 11) is 1.51. The summed E-state index contributed by atoms with van der Waals surface area (Å²) in [6.45, 7) is 1.84. The number of benzene rings is 1. The molecule has 15 heavy (non-hydrogen) atoms. The standard InChI is InChI=1S/C11H16FNO2/c1-11(6-13,7-14)9-5-8(12)3-4-10(9)15-2/h3-5,14H,6-7,13H2,1-2H3. The Labute approximate surface area is 88.7 Å². The molecule has 0 saturated heterocycles. The van der Waals surface area contributed by atoms with Gasteiger partial charge in [-0.2, -0.15) is 0 Å². The molecule has 3 nitrogen and oxygen atoms in total. The van der Waals surface area contributed by atoms with Crippen molar-refractivity contribution in [3.8, 4) is 5.75 Å². The second-order valence-electron chi connectivity index (χ2n) is 3.77. The number of aliphatic hydroxyl groups excluding tert-OH is 1. The van der Waals surface area contributed by atoms with Crippen LogP contribution in [0.25, 0.3) is 0 Å². The Morgan fingerprint density at radius 3 is 2.67 bits per heavy atom. The molecule has 0 heterocycles. The number of ether oxygens (including phenoxy) is 1. The van der Waals surface area contributed by atoms with Crippen molar-refractivity contribution in [2.75, 3.05) is 20.3 Å². The van der Waals surface area contributed by atoms with E-state index in [0.717, 1.165) is 0 Å². The van der Waals surface area contributed by atoms with Crippen molar-refractivity contribution in [3.05, 3.63) is 29.6 Å². The summed E-state index contributed by atoms with van der Waals surface area (Å²) in [5.74, 6) is 0.178. The normalized spacial score (nSPS) is 14.7. The molecule has 0 aliphatic carbocycles. The number of rotatable bonds is 4. The van der Waals surface area contributed by atoms with Crippen molar-refractivity contribution in [2.24, 2.45) is 5.73 Å². The molecule has 0 radical (unpaired) electrons. The first-order valence-electron chi connectivity index (χ1n) is 4.72. The van der Waals surface area contributed by atoms with E-state index in [0.29, 0.717) is 11.3 Å². The molecular formula is C11H16FNO2. The SMILES string of the molecule is COc1ccc(F)cc1C(C)(CN)CO. The van der Waals surface area contributed by atoms with E-state index >= 15 is 0 Å². The van der Waals surface area contributed by atoms with Gasteiger partial charge < -0.3 is 15.6 Å². The van der Waals surface area contributed by atoms with Gasteiger partial charge in [-0.25, -0.2) is 4.39 Å². The lowest BCUT2D eigenvalue weighted by atomic mass is 9.83. The molecule has 0 aromatic heterocycles. The van der Waals surface area contributed by atoms with Gasteiger partial charge in [0.05, 0.1) is 13.7 Å². The van der Waals surface area contributed by atoms with Gasteiger partial charge in [-0.05, 0) is 18.2 Å². The summed E-state index contributed by atoms with van der Waals surface area (Å²) in [6.07, 6.45) is 0. The van der Waals surface area contributed by atoms with Gasteiger partial charge in [0.25, 0.3) is 0 Å². The molecule has 3 N–H and O–H groups in total. The van der Waals surface area contributed by atoms with Crippen LogP contribution in [0.15, 0.2) is 18.2 Å². The molecule has 84 valence electrons. The number of hydrogen-bond acceptors (Lipinski definition) is 3. The van der Waals surface area contributed by atoms with Crippen LogP contribution < -0.4 is 10.5 Å². The van der Waals surface area contributed by atoms with E-state index in [1.807, 2.05) is 0 Å². The summed E-state index contributed by atoms with van der Waals surface area (Å²) in [5, 5.41) is 9.29. The second kappa shape index (κ2) is 4.59. The van der Waals surface area contributed by atoms with E-state index < -0.39 is 5.41 Å². The molecule has 0 amide bonds. The highest BCUT2D eigenvalue weighted by Crippen LogP contribution is 2.31. The Bertz CT molecular complexity index is 337. The Balaban J connectivity index is 3.26. The van der Waals surface area contributed by atoms with Gasteiger partial charge in [0, 0.05) is 17.5 Å².